The Morgan fingerprint density at radius 3 is 1.07 bits per heavy atom. The maximum absolute atomic E-state index is 13.5. The van der Waals surface area contributed by atoms with Crippen LogP contribution in [0.4, 0.5) is 0 Å². The van der Waals surface area contributed by atoms with Crippen LogP contribution < -0.4 is 5.32 Å². The molecule has 100 heavy (non-hydrogen) atoms. The van der Waals surface area contributed by atoms with Crippen molar-refractivity contribution in [2.24, 2.45) is 0 Å². The normalized spacial score (nSPS) is 26.8. The van der Waals surface area contributed by atoms with Crippen molar-refractivity contribution in [2.45, 2.75) is 407 Å². The fourth-order valence-corrected chi connectivity index (χ4v) is 13.2. The zero-order valence-corrected chi connectivity index (χ0v) is 62.2. The lowest BCUT2D eigenvalue weighted by Crippen LogP contribution is -2.66. The Kier molecular flexibility index (Phi) is 56.1. The summed E-state index contributed by atoms with van der Waals surface area (Å²) in [5.74, 6) is -0.296. The van der Waals surface area contributed by atoms with Crippen LogP contribution >= 0.6 is 0 Å². The van der Waals surface area contributed by atoms with Gasteiger partial charge in [0.25, 0.3) is 0 Å². The lowest BCUT2D eigenvalue weighted by atomic mass is 9.96. The van der Waals surface area contributed by atoms with Crippen LogP contribution in [0, 0.1) is 0 Å². The van der Waals surface area contributed by atoms with E-state index >= 15 is 0 Å². The standard InChI is InChI=1S/C81H145NO18/c1-3-5-7-9-11-13-15-17-19-21-23-25-27-28-29-30-31-32-33-34-35-37-38-40-42-44-46-48-50-52-54-56-58-65(86)64(82-69(87)59-57-55-53-51-49-47-45-43-41-39-36-26-24-22-20-18-16-14-12-10-8-6-4-2)63-95-79-75(93)72(90)77(67(61-84)97-79)100-81-76(94)73(91)78(68(62-85)98-81)99-80-74(92)71(89)70(88)66(60-83)96-80/h16,18,22,24,36,39-40,42,48,50,56,58,64-68,70-81,83-86,88-94H,3-15,17,19-21,23,25-35,37-38,41,43-47,49,51-55,57,59-63H2,1-2H3,(H,82,87)/b18-16-,24-22-,39-36-,42-40+,50-48+,58-56+. The highest BCUT2D eigenvalue weighted by atomic mass is 16.8. The van der Waals surface area contributed by atoms with E-state index in [1.165, 1.54) is 199 Å². The first-order valence-electron chi connectivity index (χ1n) is 40.2. The van der Waals surface area contributed by atoms with Crippen LogP contribution in [0.25, 0.3) is 0 Å². The second-order valence-corrected chi connectivity index (χ2v) is 28.5. The van der Waals surface area contributed by atoms with Gasteiger partial charge in [-0.25, -0.2) is 0 Å². The number of nitrogens with one attached hydrogen (secondary N) is 1. The van der Waals surface area contributed by atoms with Crippen molar-refractivity contribution in [3.05, 3.63) is 72.9 Å². The molecule has 3 rings (SSSR count). The van der Waals surface area contributed by atoms with Gasteiger partial charge in [-0.15, -0.1) is 0 Å². The maximum Gasteiger partial charge on any atom is 0.220 e. The van der Waals surface area contributed by atoms with Gasteiger partial charge >= 0.3 is 0 Å². The van der Waals surface area contributed by atoms with Crippen LogP contribution in [0.2, 0.25) is 0 Å². The van der Waals surface area contributed by atoms with Crippen LogP contribution in [-0.4, -0.2) is 193 Å². The highest BCUT2D eigenvalue weighted by Crippen LogP contribution is 2.33. The van der Waals surface area contributed by atoms with Crippen molar-refractivity contribution in [1.29, 1.82) is 0 Å². The number of ether oxygens (including phenoxy) is 6. The van der Waals surface area contributed by atoms with Gasteiger partial charge in [0.05, 0.1) is 38.6 Å². The number of amides is 1. The number of carbonyl (C=O) groups is 1. The average Bonchev–Trinajstić information content (AvgIpc) is 0.783. The number of carbonyl (C=O) groups excluding carboxylic acids is 1. The van der Waals surface area contributed by atoms with Gasteiger partial charge in [0.2, 0.25) is 5.91 Å². The van der Waals surface area contributed by atoms with Crippen molar-refractivity contribution in [1.82, 2.24) is 5.32 Å². The molecule has 19 heteroatoms. The third kappa shape index (κ3) is 41.2. The molecule has 19 nitrogen and oxygen atoms in total. The first kappa shape index (κ1) is 91.4. The van der Waals surface area contributed by atoms with Gasteiger partial charge in [-0.1, -0.05) is 286 Å². The first-order valence-corrected chi connectivity index (χ1v) is 40.2. The maximum atomic E-state index is 13.5. The average molecular weight is 1420 g/mol. The van der Waals surface area contributed by atoms with Gasteiger partial charge in [0, 0.05) is 6.42 Å². The van der Waals surface area contributed by atoms with E-state index in [-0.39, 0.29) is 18.9 Å². The molecular formula is C81H145NO18. The summed E-state index contributed by atoms with van der Waals surface area (Å²) in [6, 6.07) is -1.01. The predicted molar refractivity (Wildman–Crippen MR) is 397 cm³/mol. The minimum Gasteiger partial charge on any atom is -0.394 e. The predicted octanol–water partition coefficient (Wildman–Crippen LogP) is 13.2. The minimum absolute atomic E-state index is 0.221. The highest BCUT2D eigenvalue weighted by molar-refractivity contribution is 5.76. The van der Waals surface area contributed by atoms with E-state index in [2.05, 4.69) is 79.9 Å². The van der Waals surface area contributed by atoms with E-state index < -0.39 is 124 Å². The SMILES string of the molecule is CCCCCCC/C=C\C/C=C\C/C=C\CCCCCCCCCCC(=O)NC(COC1OC(CO)C(OC2OC(CO)C(OC3OC(CO)C(O)C(O)C3O)C(O)C2O)C(O)C1O)C(O)/C=C/CC/C=C/CC/C=C/CCCCCCCCCCCCCCCCCCCCCCCC. The fourth-order valence-electron chi connectivity index (χ4n) is 13.2. The fraction of sp³-hybridized carbons (Fsp3) is 0.840. The van der Waals surface area contributed by atoms with Gasteiger partial charge in [0.15, 0.2) is 18.9 Å². The molecule has 0 aromatic carbocycles. The molecule has 3 aliphatic heterocycles. The molecule has 17 unspecified atom stereocenters. The molecule has 0 aromatic rings. The van der Waals surface area contributed by atoms with E-state index in [9.17, 15) is 61.0 Å². The van der Waals surface area contributed by atoms with E-state index in [1.807, 2.05) is 6.08 Å². The van der Waals surface area contributed by atoms with Crippen LogP contribution in [0.15, 0.2) is 72.9 Å². The first-order chi connectivity index (χ1) is 48.8. The van der Waals surface area contributed by atoms with Gasteiger partial charge in [-0.05, 0) is 83.5 Å². The zero-order chi connectivity index (χ0) is 72.5. The van der Waals surface area contributed by atoms with Crippen molar-refractivity contribution in [2.75, 3.05) is 26.4 Å². The van der Waals surface area contributed by atoms with Crippen LogP contribution in [0.5, 0.6) is 0 Å². The summed E-state index contributed by atoms with van der Waals surface area (Å²) in [7, 11) is 0. The molecule has 0 bridgehead atoms. The molecule has 3 saturated heterocycles. The number of allylic oxidation sites excluding steroid dienone is 11. The Morgan fingerprint density at radius 2 is 0.670 bits per heavy atom. The molecule has 12 N–H and O–H groups in total. The van der Waals surface area contributed by atoms with E-state index in [4.69, 9.17) is 28.4 Å². The summed E-state index contributed by atoms with van der Waals surface area (Å²) in [6.07, 6.45) is 53.2. The summed E-state index contributed by atoms with van der Waals surface area (Å²) >= 11 is 0. The summed E-state index contributed by atoms with van der Waals surface area (Å²) in [4.78, 5) is 13.5. The van der Waals surface area contributed by atoms with Crippen molar-refractivity contribution in [3.63, 3.8) is 0 Å². The molecule has 0 aliphatic carbocycles. The van der Waals surface area contributed by atoms with E-state index in [1.54, 1.807) is 6.08 Å². The Morgan fingerprint density at radius 1 is 0.360 bits per heavy atom. The third-order valence-corrected chi connectivity index (χ3v) is 19.7. The topological polar surface area (TPSA) is 307 Å². The smallest absolute Gasteiger partial charge is 0.220 e. The molecule has 0 saturated carbocycles. The molecule has 17 atom stereocenters. The van der Waals surface area contributed by atoms with Gasteiger partial charge in [-0.3, -0.25) is 4.79 Å². The van der Waals surface area contributed by atoms with Gasteiger partial charge in [0.1, 0.15) is 73.2 Å². The number of aliphatic hydroxyl groups excluding tert-OH is 11. The molecule has 3 heterocycles. The monoisotopic (exact) mass is 1420 g/mol. The second-order valence-electron chi connectivity index (χ2n) is 28.5. The van der Waals surface area contributed by atoms with Crippen LogP contribution in [0.1, 0.15) is 303 Å². The van der Waals surface area contributed by atoms with Gasteiger partial charge in [-0.2, -0.15) is 0 Å². The molecule has 0 spiro atoms. The summed E-state index contributed by atoms with van der Waals surface area (Å²) < 4.78 is 34.4. The minimum atomic E-state index is -1.99. The Balaban J connectivity index is 1.40. The van der Waals surface area contributed by atoms with E-state index in [0.717, 1.165) is 70.6 Å². The Bertz CT molecular complexity index is 2090. The summed E-state index contributed by atoms with van der Waals surface area (Å²) in [6.45, 7) is 1.72. The summed E-state index contributed by atoms with van der Waals surface area (Å²) in [5.41, 5.74) is 0. The van der Waals surface area contributed by atoms with Crippen LogP contribution in [-0.2, 0) is 33.2 Å². The Hall–Kier alpha value is -2.77. The molecule has 3 fully saturated rings. The molecule has 3 aliphatic rings. The van der Waals surface area contributed by atoms with E-state index in [0.29, 0.717) is 12.8 Å². The number of unbranched alkanes of at least 4 members (excludes halogenated alkanes) is 37. The number of rotatable bonds is 63. The second kappa shape index (κ2) is 61.4. The summed E-state index contributed by atoms with van der Waals surface area (Å²) in [5, 5.41) is 121. The third-order valence-electron chi connectivity index (χ3n) is 19.7. The lowest BCUT2D eigenvalue weighted by Gasteiger charge is -2.48. The number of hydrogen-bond acceptors (Lipinski definition) is 18. The van der Waals surface area contributed by atoms with Crippen molar-refractivity contribution >= 4 is 5.91 Å². The largest absolute Gasteiger partial charge is 0.394 e. The highest BCUT2D eigenvalue weighted by Gasteiger charge is 2.54. The molecule has 0 radical (unpaired) electrons. The van der Waals surface area contributed by atoms with Gasteiger partial charge < -0.3 is 89.9 Å². The molecule has 0 aromatic heterocycles. The zero-order valence-electron chi connectivity index (χ0n) is 62.2. The Labute approximate surface area is 604 Å². The number of aliphatic hydroxyl groups is 11. The number of hydrogen-bond donors (Lipinski definition) is 12. The van der Waals surface area contributed by atoms with Crippen LogP contribution in [0.3, 0.4) is 0 Å². The lowest BCUT2D eigenvalue weighted by molar-refractivity contribution is -0.379. The quantitative estimate of drug-likeness (QED) is 0.0199. The molecular weight excluding hydrogens is 1270 g/mol. The molecule has 582 valence electrons. The molecule has 1 amide bonds. The van der Waals surface area contributed by atoms with Crippen molar-refractivity contribution < 1.29 is 89.4 Å². The van der Waals surface area contributed by atoms with Crippen molar-refractivity contribution in [3.8, 4) is 0 Å².